The lowest BCUT2D eigenvalue weighted by Gasteiger charge is -2.13. The Kier molecular flexibility index (Phi) is 6.01. The molecule has 0 saturated carbocycles. The number of esters is 1. The van der Waals surface area contributed by atoms with Gasteiger partial charge in [-0.1, -0.05) is 18.6 Å². The zero-order valence-corrected chi connectivity index (χ0v) is 16.3. The molecule has 0 bridgehead atoms. The summed E-state index contributed by atoms with van der Waals surface area (Å²) in [5.41, 5.74) is 2.56. The van der Waals surface area contributed by atoms with Crippen molar-refractivity contribution in [2.24, 2.45) is 0 Å². The highest BCUT2D eigenvalue weighted by molar-refractivity contribution is 7.09. The van der Waals surface area contributed by atoms with E-state index in [4.69, 9.17) is 4.74 Å². The maximum absolute atomic E-state index is 12.4. The molecule has 0 N–H and O–H groups in total. The summed E-state index contributed by atoms with van der Waals surface area (Å²) in [6.07, 6.45) is 2.49. The van der Waals surface area contributed by atoms with Crippen molar-refractivity contribution in [3.8, 4) is 0 Å². The summed E-state index contributed by atoms with van der Waals surface area (Å²) in [5, 5.41) is 2.95. The fourth-order valence-corrected chi connectivity index (χ4v) is 3.84. The summed E-state index contributed by atoms with van der Waals surface area (Å²) in [5.74, 6) is -0.945. The lowest BCUT2D eigenvalue weighted by Crippen LogP contribution is -2.31. The standard InChI is InChI=1S/C20H22N2O4S/c1-3-5-17-21-14(12-27-17)11-26-18(23)6-4-9-22-19(24)15-8-7-13(2)10-16(15)20(22)25/h7-8,10,12H,3-6,9,11H2,1-2H3. The lowest BCUT2D eigenvalue weighted by atomic mass is 10.1. The molecule has 27 heavy (non-hydrogen) atoms. The number of rotatable bonds is 8. The summed E-state index contributed by atoms with van der Waals surface area (Å²) in [6.45, 7) is 4.34. The lowest BCUT2D eigenvalue weighted by molar-refractivity contribution is -0.145. The van der Waals surface area contributed by atoms with E-state index in [2.05, 4.69) is 11.9 Å². The van der Waals surface area contributed by atoms with Crippen LogP contribution in [-0.2, 0) is 22.6 Å². The number of ether oxygens (including phenoxy) is 1. The molecular formula is C20H22N2O4S. The van der Waals surface area contributed by atoms with Gasteiger partial charge < -0.3 is 4.74 Å². The molecule has 6 nitrogen and oxygen atoms in total. The zero-order valence-electron chi connectivity index (χ0n) is 15.5. The number of hydrogen-bond acceptors (Lipinski definition) is 6. The van der Waals surface area contributed by atoms with Gasteiger partial charge >= 0.3 is 5.97 Å². The van der Waals surface area contributed by atoms with Crippen molar-refractivity contribution in [1.29, 1.82) is 0 Å². The van der Waals surface area contributed by atoms with E-state index in [1.807, 2.05) is 18.4 Å². The predicted molar refractivity (Wildman–Crippen MR) is 102 cm³/mol. The second-order valence-corrected chi connectivity index (χ2v) is 7.50. The van der Waals surface area contributed by atoms with Gasteiger partial charge in [-0.15, -0.1) is 11.3 Å². The van der Waals surface area contributed by atoms with Gasteiger partial charge in [0.2, 0.25) is 0 Å². The molecule has 7 heteroatoms. The Hall–Kier alpha value is -2.54. The normalized spacial score (nSPS) is 13.2. The summed E-state index contributed by atoms with van der Waals surface area (Å²) < 4.78 is 5.23. The van der Waals surface area contributed by atoms with Crippen molar-refractivity contribution in [3.63, 3.8) is 0 Å². The number of carbonyl (C=O) groups is 3. The number of nitrogens with zero attached hydrogens (tertiary/aromatic N) is 2. The monoisotopic (exact) mass is 386 g/mol. The Bertz CT molecular complexity index is 875. The zero-order chi connectivity index (χ0) is 19.4. The van der Waals surface area contributed by atoms with Gasteiger partial charge in [-0.2, -0.15) is 0 Å². The molecule has 0 unspecified atom stereocenters. The van der Waals surface area contributed by atoms with Crippen LogP contribution in [0.3, 0.4) is 0 Å². The Morgan fingerprint density at radius 1 is 1.22 bits per heavy atom. The molecule has 0 fully saturated rings. The van der Waals surface area contributed by atoms with E-state index in [1.165, 1.54) is 4.90 Å². The molecule has 0 atom stereocenters. The molecule has 2 amide bonds. The highest BCUT2D eigenvalue weighted by Gasteiger charge is 2.34. The first kappa shape index (κ1) is 19.2. The van der Waals surface area contributed by atoms with Crippen molar-refractivity contribution >= 4 is 29.1 Å². The molecule has 0 aliphatic carbocycles. The molecule has 2 aromatic rings. The van der Waals surface area contributed by atoms with E-state index >= 15 is 0 Å². The first-order chi connectivity index (χ1) is 13.0. The second-order valence-electron chi connectivity index (χ2n) is 6.56. The fourth-order valence-electron chi connectivity index (χ4n) is 2.96. The van der Waals surface area contributed by atoms with Crippen LogP contribution in [0.2, 0.25) is 0 Å². The summed E-state index contributed by atoms with van der Waals surface area (Å²) in [6, 6.07) is 5.22. The minimum absolute atomic E-state index is 0.151. The van der Waals surface area contributed by atoms with Crippen molar-refractivity contribution in [2.75, 3.05) is 6.54 Å². The van der Waals surface area contributed by atoms with Gasteiger partial charge in [0.15, 0.2) is 0 Å². The number of amides is 2. The van der Waals surface area contributed by atoms with Crippen molar-refractivity contribution < 1.29 is 19.1 Å². The van der Waals surface area contributed by atoms with E-state index in [1.54, 1.807) is 23.5 Å². The van der Waals surface area contributed by atoms with Crippen molar-refractivity contribution in [1.82, 2.24) is 9.88 Å². The summed E-state index contributed by atoms with van der Waals surface area (Å²) in [4.78, 5) is 42.3. The third-order valence-electron chi connectivity index (χ3n) is 4.33. The second kappa shape index (κ2) is 8.43. The Morgan fingerprint density at radius 3 is 2.78 bits per heavy atom. The maximum atomic E-state index is 12.4. The largest absolute Gasteiger partial charge is 0.459 e. The molecule has 3 rings (SSSR count). The van der Waals surface area contributed by atoms with Crippen LogP contribution in [-0.4, -0.2) is 34.2 Å². The Labute approximate surface area is 162 Å². The predicted octanol–water partition coefficient (Wildman–Crippen LogP) is 3.52. The third kappa shape index (κ3) is 4.42. The first-order valence-electron chi connectivity index (χ1n) is 9.05. The van der Waals surface area contributed by atoms with Crippen LogP contribution in [0.4, 0.5) is 0 Å². The Balaban J connectivity index is 1.45. The quantitative estimate of drug-likeness (QED) is 0.512. The molecule has 2 heterocycles. The van der Waals surface area contributed by atoms with E-state index in [0.29, 0.717) is 17.5 Å². The Morgan fingerprint density at radius 2 is 2.00 bits per heavy atom. The topological polar surface area (TPSA) is 76.6 Å². The van der Waals surface area contributed by atoms with Crippen LogP contribution < -0.4 is 0 Å². The van der Waals surface area contributed by atoms with Crippen LogP contribution in [0.5, 0.6) is 0 Å². The molecular weight excluding hydrogens is 364 g/mol. The third-order valence-corrected chi connectivity index (χ3v) is 5.29. The van der Waals surface area contributed by atoms with Crippen LogP contribution in [0, 0.1) is 6.92 Å². The highest BCUT2D eigenvalue weighted by atomic mass is 32.1. The maximum Gasteiger partial charge on any atom is 0.306 e. The molecule has 0 saturated heterocycles. The van der Waals surface area contributed by atoms with Gasteiger partial charge in [-0.25, -0.2) is 4.98 Å². The number of carbonyl (C=O) groups excluding carboxylic acids is 3. The number of thiazole rings is 1. The average Bonchev–Trinajstić information content (AvgIpc) is 3.18. The van der Waals surface area contributed by atoms with Crippen molar-refractivity contribution in [2.45, 2.75) is 46.1 Å². The number of benzene rings is 1. The van der Waals surface area contributed by atoms with E-state index < -0.39 is 0 Å². The summed E-state index contributed by atoms with van der Waals surface area (Å²) in [7, 11) is 0. The number of aryl methyl sites for hydroxylation is 2. The number of hydrogen-bond donors (Lipinski definition) is 0. The van der Waals surface area contributed by atoms with E-state index in [9.17, 15) is 14.4 Å². The average molecular weight is 386 g/mol. The van der Waals surface area contributed by atoms with Crippen molar-refractivity contribution in [3.05, 3.63) is 51.0 Å². The fraction of sp³-hybridized carbons (Fsp3) is 0.400. The minimum atomic E-state index is -0.354. The smallest absolute Gasteiger partial charge is 0.306 e. The van der Waals surface area contributed by atoms with Gasteiger partial charge in [-0.05, 0) is 38.3 Å². The highest BCUT2D eigenvalue weighted by Crippen LogP contribution is 2.24. The molecule has 1 aliphatic heterocycles. The van der Waals surface area contributed by atoms with Crippen LogP contribution in [0.1, 0.15) is 63.2 Å². The molecule has 142 valence electrons. The van der Waals surface area contributed by atoms with Gasteiger partial charge in [0.25, 0.3) is 11.8 Å². The van der Waals surface area contributed by atoms with Crippen LogP contribution >= 0.6 is 11.3 Å². The number of aromatic nitrogens is 1. The van der Waals surface area contributed by atoms with Gasteiger partial charge in [0.1, 0.15) is 6.61 Å². The van der Waals surface area contributed by atoms with Gasteiger partial charge in [0.05, 0.1) is 21.8 Å². The molecule has 0 radical (unpaired) electrons. The van der Waals surface area contributed by atoms with Gasteiger partial charge in [-0.3, -0.25) is 19.3 Å². The summed E-state index contributed by atoms with van der Waals surface area (Å²) >= 11 is 1.57. The minimum Gasteiger partial charge on any atom is -0.459 e. The van der Waals surface area contributed by atoms with E-state index in [-0.39, 0.29) is 37.4 Å². The van der Waals surface area contributed by atoms with Crippen LogP contribution in [0.15, 0.2) is 23.6 Å². The number of imide groups is 1. The molecule has 0 spiro atoms. The van der Waals surface area contributed by atoms with E-state index in [0.717, 1.165) is 29.1 Å². The molecule has 1 aliphatic rings. The van der Waals surface area contributed by atoms with Gasteiger partial charge in [0, 0.05) is 18.3 Å². The molecule has 1 aromatic heterocycles. The first-order valence-corrected chi connectivity index (χ1v) is 9.93. The molecule has 1 aromatic carbocycles. The SMILES string of the molecule is CCCc1nc(COC(=O)CCCN2C(=O)c3ccc(C)cc3C2=O)cs1. The van der Waals surface area contributed by atoms with Crippen LogP contribution in [0.25, 0.3) is 0 Å². The number of fused-ring (bicyclic) bond motifs is 1.